The van der Waals surface area contributed by atoms with Crippen molar-refractivity contribution in [2.24, 2.45) is 0 Å². The minimum atomic E-state index is -3.37. The second kappa shape index (κ2) is 16.5. The topological polar surface area (TPSA) is 50.9 Å². The van der Waals surface area contributed by atoms with E-state index in [0.29, 0.717) is 28.2 Å². The molecule has 0 radical (unpaired) electrons. The monoisotopic (exact) mass is 859 g/mol. The fourth-order valence-corrected chi connectivity index (χ4v) is 8.73. The molecule has 2 aromatic heterocycles. The lowest BCUT2D eigenvalue weighted by Gasteiger charge is -2.24. The van der Waals surface area contributed by atoms with Crippen molar-refractivity contribution in [1.82, 2.24) is 14.5 Å². The van der Waals surface area contributed by atoms with E-state index in [1.807, 2.05) is 67.6 Å². The maximum atomic E-state index is 12.4. The molecule has 0 aliphatic carbocycles. The van der Waals surface area contributed by atoms with Crippen LogP contribution in [0.2, 0.25) is 0 Å². The summed E-state index contributed by atoms with van der Waals surface area (Å²) in [5.74, 6) is 0.766. The van der Waals surface area contributed by atoms with Crippen LogP contribution in [0.1, 0.15) is 96.7 Å². The molecule has 4 nitrogen and oxygen atoms in total. The van der Waals surface area contributed by atoms with Gasteiger partial charge in [-0.1, -0.05) is 171 Å². The van der Waals surface area contributed by atoms with Crippen LogP contribution in [0.3, 0.4) is 0 Å². The zero-order valence-electron chi connectivity index (χ0n) is 47.0. The van der Waals surface area contributed by atoms with E-state index in [1.165, 1.54) is 17.7 Å². The quantitative estimate of drug-likeness (QED) is 0.174. The van der Waals surface area contributed by atoms with Gasteiger partial charge in [0.25, 0.3) is 0 Å². The summed E-state index contributed by atoms with van der Waals surface area (Å²) < 4.78 is 76.2. The van der Waals surface area contributed by atoms with Crippen LogP contribution in [0.25, 0.3) is 83.9 Å². The van der Waals surface area contributed by atoms with Gasteiger partial charge in [-0.3, -0.25) is 9.55 Å². The number of nitrogens with zero attached hydrogens (tertiary/aromatic N) is 3. The summed E-state index contributed by atoms with van der Waals surface area (Å²) >= 11 is 0. The number of aromatic nitrogens is 3. The number of rotatable bonds is 7. The number of hydrogen-bond acceptors (Lipinski definition) is 3. The van der Waals surface area contributed by atoms with Crippen molar-refractivity contribution in [2.75, 3.05) is 0 Å². The zero-order chi connectivity index (χ0) is 53.3. The first kappa shape index (κ1) is 33.5. The molecular weight excluding hydrogens is 791 g/mol. The molecule has 9 aromatic rings. The van der Waals surface area contributed by atoms with Gasteiger partial charge in [-0.15, -0.1) is 0 Å². The van der Waals surface area contributed by atoms with Crippen LogP contribution in [0.15, 0.2) is 170 Å². The molecule has 1 N–H and O–H groups in total. The van der Waals surface area contributed by atoms with Crippen molar-refractivity contribution in [1.29, 1.82) is 0 Å². The van der Waals surface area contributed by atoms with Crippen LogP contribution in [0.5, 0.6) is 5.75 Å². The molecule has 324 valence electrons. The Hall–Kier alpha value is -7.04. The highest BCUT2D eigenvalue weighted by atomic mass is 16.3. The molecule has 0 saturated carbocycles. The highest BCUT2D eigenvalue weighted by Crippen LogP contribution is 2.45. The first-order valence-electron chi connectivity index (χ1n) is 26.5. The number of phenolic OH excluding ortho intramolecular Hbond substituents is 1. The molecule has 0 amide bonds. The van der Waals surface area contributed by atoms with Gasteiger partial charge in [0, 0.05) is 40.8 Å². The van der Waals surface area contributed by atoms with Crippen LogP contribution in [0.4, 0.5) is 0 Å². The first-order valence-corrected chi connectivity index (χ1v) is 22.0. The molecule has 2 heterocycles. The molecule has 0 fully saturated rings. The lowest BCUT2D eigenvalue weighted by atomic mass is 9.84. The molecule has 0 saturated heterocycles. The molecule has 65 heavy (non-hydrogen) atoms. The van der Waals surface area contributed by atoms with Gasteiger partial charge >= 0.3 is 0 Å². The molecule has 0 aliphatic rings. The first-order chi connectivity index (χ1) is 34.7. The van der Waals surface area contributed by atoms with E-state index in [9.17, 15) is 5.11 Å². The molecule has 0 bridgehead atoms. The zero-order valence-corrected chi connectivity index (χ0v) is 38.0. The number of aryl methyl sites for hydroxylation is 1. The van der Waals surface area contributed by atoms with Gasteiger partial charge in [0.2, 0.25) is 0 Å². The van der Waals surface area contributed by atoms with Crippen molar-refractivity contribution in [3.8, 4) is 78.6 Å². The number of pyridine rings is 1. The SMILES string of the molecule is [2H]C([2H])([2H])C(c1ccc(-c2ccnc(-c3cc(-c4ccccc4)cc(-c4cccc5c4nc(-c4cc(C)cc(C(C)(C)C)c4O)n5-c4ccc(C(C)(C)C)cc4-c4ccccc4)c3)c2)cc1)(C([2H])([2H])[2H])C([2H])([2H])[2H]. The van der Waals surface area contributed by atoms with E-state index < -0.39 is 26.0 Å². The Labute approximate surface area is 398 Å². The van der Waals surface area contributed by atoms with Crippen molar-refractivity contribution in [2.45, 2.75) is 85.3 Å². The second-order valence-corrected chi connectivity index (χ2v) is 19.2. The highest BCUT2D eigenvalue weighted by Gasteiger charge is 2.28. The molecular formula is C61H59N3O. The normalized spacial score (nSPS) is 14.8. The smallest absolute Gasteiger partial charge is 0.149 e. The summed E-state index contributed by atoms with van der Waals surface area (Å²) in [6.07, 6.45) is 1.68. The van der Waals surface area contributed by atoms with Crippen LogP contribution in [0, 0.1) is 6.92 Å². The maximum Gasteiger partial charge on any atom is 0.149 e. The second-order valence-electron chi connectivity index (χ2n) is 19.2. The van der Waals surface area contributed by atoms with Crippen LogP contribution in [-0.4, -0.2) is 19.6 Å². The Morgan fingerprint density at radius 1 is 0.492 bits per heavy atom. The van der Waals surface area contributed by atoms with E-state index in [1.54, 1.807) is 24.4 Å². The van der Waals surface area contributed by atoms with Gasteiger partial charge in [0.05, 0.1) is 28.0 Å². The minimum absolute atomic E-state index is 0.136. The third kappa shape index (κ3) is 8.54. The number of hydrogen-bond donors (Lipinski definition) is 1. The van der Waals surface area contributed by atoms with Crippen molar-refractivity contribution >= 4 is 11.0 Å². The molecule has 0 spiro atoms. The maximum absolute atomic E-state index is 12.4. The van der Waals surface area contributed by atoms with Gasteiger partial charge in [-0.2, -0.15) is 0 Å². The summed E-state index contributed by atoms with van der Waals surface area (Å²) in [6, 6.07) is 53.0. The number of imidazole rings is 1. The largest absolute Gasteiger partial charge is 0.507 e. The number of fused-ring (bicyclic) bond motifs is 1. The number of benzene rings is 7. The summed E-state index contributed by atoms with van der Waals surface area (Å²) in [4.78, 5) is 10.4. The molecule has 0 atom stereocenters. The summed E-state index contributed by atoms with van der Waals surface area (Å²) in [5.41, 5.74) is 10.5. The molecule has 7 aromatic carbocycles. The average Bonchev–Trinajstić information content (AvgIpc) is 3.73. The number of phenols is 1. The van der Waals surface area contributed by atoms with Crippen molar-refractivity contribution < 1.29 is 17.4 Å². The Morgan fingerprint density at radius 2 is 1.14 bits per heavy atom. The summed E-state index contributed by atoms with van der Waals surface area (Å²) in [5, 5.41) is 12.4. The predicted molar refractivity (Wildman–Crippen MR) is 274 cm³/mol. The van der Waals surface area contributed by atoms with Crippen LogP contribution < -0.4 is 0 Å². The average molecular weight is 859 g/mol. The molecule has 4 heteroatoms. The van der Waals surface area contributed by atoms with Gasteiger partial charge < -0.3 is 5.11 Å². The fraction of sp³-hybridized carbons (Fsp3) is 0.213. The predicted octanol–water partition coefficient (Wildman–Crippen LogP) is 16.3. The molecule has 0 unspecified atom stereocenters. The van der Waals surface area contributed by atoms with Gasteiger partial charge in [0.15, 0.2) is 0 Å². The van der Waals surface area contributed by atoms with E-state index in [2.05, 4.69) is 119 Å². The summed E-state index contributed by atoms with van der Waals surface area (Å²) in [6.45, 7) is 4.85. The molecule has 0 aliphatic heterocycles. The van der Waals surface area contributed by atoms with Crippen LogP contribution >= 0.6 is 0 Å². The summed E-state index contributed by atoms with van der Waals surface area (Å²) in [7, 11) is 0. The van der Waals surface area contributed by atoms with Crippen LogP contribution in [-0.2, 0) is 16.2 Å². The lowest BCUT2D eigenvalue weighted by molar-refractivity contribution is 0.448. The third-order valence-electron chi connectivity index (χ3n) is 12.2. The molecule has 9 rings (SSSR count). The van der Waals surface area contributed by atoms with E-state index in [0.717, 1.165) is 66.8 Å². The third-order valence-corrected chi connectivity index (χ3v) is 12.2. The Bertz CT molecular complexity index is 3510. The highest BCUT2D eigenvalue weighted by molar-refractivity contribution is 5.98. The lowest BCUT2D eigenvalue weighted by Crippen LogP contribution is -2.13. The fourth-order valence-electron chi connectivity index (χ4n) is 8.73. The minimum Gasteiger partial charge on any atom is -0.507 e. The van der Waals surface area contributed by atoms with E-state index >= 15 is 0 Å². The van der Waals surface area contributed by atoms with Gasteiger partial charge in [-0.05, 0) is 128 Å². The Kier molecular flexibility index (Phi) is 8.50. The Morgan fingerprint density at radius 3 is 1.82 bits per heavy atom. The Balaban J connectivity index is 1.27. The van der Waals surface area contributed by atoms with E-state index in [4.69, 9.17) is 22.3 Å². The number of para-hydroxylation sites is 1. The van der Waals surface area contributed by atoms with Gasteiger partial charge in [0.1, 0.15) is 11.6 Å². The van der Waals surface area contributed by atoms with Crippen molar-refractivity contribution in [3.63, 3.8) is 0 Å². The van der Waals surface area contributed by atoms with Gasteiger partial charge in [-0.25, -0.2) is 4.98 Å². The van der Waals surface area contributed by atoms with E-state index in [-0.39, 0.29) is 22.1 Å². The number of aromatic hydroxyl groups is 1. The van der Waals surface area contributed by atoms with Crippen molar-refractivity contribution in [3.05, 3.63) is 192 Å². The standard InChI is InChI=1S/C61H59N3O/c1-39-32-51(57(65)52(33-39)61(8,9)10)58-63-56-49(22-17-23-55(56)64(58)54-29-28-48(60(5,6)7)38-50(54)42-20-15-12-16-21-42)45-34-44(40-18-13-11-14-19-40)35-46(36-45)53-37-43(30-31-62-53)41-24-26-47(27-25-41)59(2,3)4/h11-38,65H,1-10H3/i2D3,3D3,4D3.